The van der Waals surface area contributed by atoms with Crippen LogP contribution >= 0.6 is 0 Å². The summed E-state index contributed by atoms with van der Waals surface area (Å²) in [6.07, 6.45) is 1.40. The first kappa shape index (κ1) is 11.1. The minimum atomic E-state index is -0.228. The van der Waals surface area contributed by atoms with E-state index >= 15 is 0 Å². The predicted octanol–water partition coefficient (Wildman–Crippen LogP) is 0.637. The van der Waals surface area contributed by atoms with Crippen molar-refractivity contribution in [1.29, 1.82) is 0 Å². The van der Waals surface area contributed by atoms with Gasteiger partial charge in [-0.25, -0.2) is 4.68 Å². The second-order valence-electron chi connectivity index (χ2n) is 3.53. The van der Waals surface area contributed by atoms with E-state index in [4.69, 9.17) is 10.5 Å². The second kappa shape index (κ2) is 4.25. The molecule has 2 aromatic rings. The fraction of sp³-hybridized carbons (Fsp3) is 0.182. The molecule has 0 unspecified atom stereocenters. The van der Waals surface area contributed by atoms with Crippen LogP contribution in [0.3, 0.4) is 0 Å². The Morgan fingerprint density at radius 2 is 2.24 bits per heavy atom. The summed E-state index contributed by atoms with van der Waals surface area (Å²) in [6.45, 7) is 0. The van der Waals surface area contributed by atoms with Gasteiger partial charge in [0.2, 0.25) is 5.78 Å². The van der Waals surface area contributed by atoms with Crippen molar-refractivity contribution in [3.63, 3.8) is 0 Å². The molecule has 0 saturated carbocycles. The number of nitrogens with two attached hydrogens (primary N) is 1. The van der Waals surface area contributed by atoms with E-state index in [1.807, 2.05) is 0 Å². The zero-order valence-corrected chi connectivity index (χ0v) is 9.54. The molecule has 1 aromatic heterocycles. The highest BCUT2D eigenvalue weighted by Gasteiger charge is 2.17. The van der Waals surface area contributed by atoms with Gasteiger partial charge < -0.3 is 10.5 Å². The minimum absolute atomic E-state index is 0.228. The summed E-state index contributed by atoms with van der Waals surface area (Å²) in [5.41, 5.74) is 6.94. The molecule has 88 valence electrons. The van der Waals surface area contributed by atoms with Gasteiger partial charge in [0.15, 0.2) is 0 Å². The lowest BCUT2D eigenvalue weighted by Crippen LogP contribution is -2.10. The third-order valence-electron chi connectivity index (χ3n) is 2.45. The van der Waals surface area contributed by atoms with Crippen LogP contribution < -0.4 is 10.5 Å². The summed E-state index contributed by atoms with van der Waals surface area (Å²) < 4.78 is 6.47. The monoisotopic (exact) mass is 232 g/mol. The van der Waals surface area contributed by atoms with Crippen LogP contribution in [0.25, 0.3) is 0 Å². The van der Waals surface area contributed by atoms with Crippen molar-refractivity contribution in [2.45, 2.75) is 0 Å². The van der Waals surface area contributed by atoms with Crippen molar-refractivity contribution in [1.82, 2.24) is 15.0 Å². The predicted molar refractivity (Wildman–Crippen MR) is 61.8 cm³/mol. The van der Waals surface area contributed by atoms with Crippen molar-refractivity contribution in [2.24, 2.45) is 7.05 Å². The molecule has 0 saturated heterocycles. The number of hydrogen-bond donors (Lipinski definition) is 1. The molecule has 1 aromatic carbocycles. The Bertz CT molecular complexity index is 562. The lowest BCUT2D eigenvalue weighted by Gasteiger charge is -2.06. The number of aryl methyl sites for hydroxylation is 1. The minimum Gasteiger partial charge on any atom is -0.497 e. The van der Waals surface area contributed by atoms with Crippen molar-refractivity contribution >= 4 is 11.5 Å². The number of nitrogens with zero attached hydrogens (tertiary/aromatic N) is 3. The number of methoxy groups -OCH3 is 1. The van der Waals surface area contributed by atoms with Crippen LogP contribution in [0.15, 0.2) is 24.4 Å². The Hall–Kier alpha value is -2.37. The van der Waals surface area contributed by atoms with Crippen LogP contribution in [-0.4, -0.2) is 27.9 Å². The van der Waals surface area contributed by atoms with Gasteiger partial charge >= 0.3 is 0 Å². The van der Waals surface area contributed by atoms with Gasteiger partial charge in [-0.15, -0.1) is 5.10 Å². The zero-order valence-electron chi connectivity index (χ0n) is 9.54. The molecular weight excluding hydrogens is 220 g/mol. The molecule has 0 aliphatic rings. The highest BCUT2D eigenvalue weighted by Crippen LogP contribution is 2.21. The van der Waals surface area contributed by atoms with Gasteiger partial charge in [-0.2, -0.15) is 0 Å². The smallest absolute Gasteiger partial charge is 0.214 e. The zero-order chi connectivity index (χ0) is 12.4. The molecular formula is C11H12N4O2. The van der Waals surface area contributed by atoms with Crippen molar-refractivity contribution in [3.8, 4) is 5.75 Å². The van der Waals surface area contributed by atoms with Crippen LogP contribution in [-0.2, 0) is 7.05 Å². The Morgan fingerprint density at radius 3 is 2.82 bits per heavy atom. The lowest BCUT2D eigenvalue weighted by molar-refractivity contribution is 0.103. The lowest BCUT2D eigenvalue weighted by atomic mass is 10.1. The molecule has 2 N–H and O–H groups in total. The average Bonchev–Trinajstić information content (AvgIpc) is 2.75. The third kappa shape index (κ3) is 1.96. The Labute approximate surface area is 98.0 Å². The summed E-state index contributed by atoms with van der Waals surface area (Å²) >= 11 is 0. The first-order valence-corrected chi connectivity index (χ1v) is 4.96. The standard InChI is InChI=1S/C11H12N4O2/c1-15-10(6-13-14-15)11(16)8-5-7(17-2)3-4-9(8)12/h3-6H,12H2,1-2H3. The molecule has 0 radical (unpaired) electrons. The molecule has 0 aliphatic heterocycles. The van der Waals surface area contributed by atoms with Crippen molar-refractivity contribution < 1.29 is 9.53 Å². The number of nitrogen functional groups attached to an aromatic ring is 1. The van der Waals surface area contributed by atoms with Gasteiger partial charge in [-0.05, 0) is 18.2 Å². The maximum atomic E-state index is 12.2. The molecule has 2 rings (SSSR count). The second-order valence-corrected chi connectivity index (χ2v) is 3.53. The first-order valence-electron chi connectivity index (χ1n) is 4.96. The highest BCUT2D eigenvalue weighted by atomic mass is 16.5. The van der Waals surface area contributed by atoms with E-state index in [9.17, 15) is 4.79 Å². The van der Waals surface area contributed by atoms with Gasteiger partial charge in [0, 0.05) is 12.7 Å². The Kier molecular flexibility index (Phi) is 2.78. The molecule has 6 nitrogen and oxygen atoms in total. The highest BCUT2D eigenvalue weighted by molar-refractivity contribution is 6.11. The maximum absolute atomic E-state index is 12.2. The molecule has 0 atom stereocenters. The summed E-state index contributed by atoms with van der Waals surface area (Å²) in [6, 6.07) is 4.94. The van der Waals surface area contributed by atoms with E-state index in [2.05, 4.69) is 10.3 Å². The maximum Gasteiger partial charge on any atom is 0.214 e. The van der Waals surface area contributed by atoms with Gasteiger partial charge in [0.05, 0.1) is 18.9 Å². The van der Waals surface area contributed by atoms with E-state index < -0.39 is 0 Å². The van der Waals surface area contributed by atoms with Crippen molar-refractivity contribution in [3.05, 3.63) is 35.7 Å². The summed E-state index contributed by atoms with van der Waals surface area (Å²) in [5, 5.41) is 7.37. The SMILES string of the molecule is COc1ccc(N)c(C(=O)c2cnnn2C)c1. The topological polar surface area (TPSA) is 83.0 Å². The number of ether oxygens (including phenoxy) is 1. The van der Waals surface area contributed by atoms with Crippen molar-refractivity contribution in [2.75, 3.05) is 12.8 Å². The Morgan fingerprint density at radius 1 is 1.47 bits per heavy atom. The number of carbonyl (C=O) groups excluding carboxylic acids is 1. The van der Waals surface area contributed by atoms with Crippen LogP contribution in [0.1, 0.15) is 16.1 Å². The molecule has 0 amide bonds. The number of carbonyl (C=O) groups is 1. The quantitative estimate of drug-likeness (QED) is 0.620. The van der Waals surface area contributed by atoms with E-state index in [0.29, 0.717) is 22.7 Å². The number of aromatic nitrogens is 3. The van der Waals surface area contributed by atoms with Gasteiger partial charge in [0.1, 0.15) is 11.4 Å². The summed E-state index contributed by atoms with van der Waals surface area (Å²) in [4.78, 5) is 12.2. The van der Waals surface area contributed by atoms with E-state index in [1.165, 1.54) is 18.0 Å². The van der Waals surface area contributed by atoms with E-state index in [0.717, 1.165) is 0 Å². The largest absolute Gasteiger partial charge is 0.497 e. The molecule has 17 heavy (non-hydrogen) atoms. The van der Waals surface area contributed by atoms with Crippen LogP contribution in [0.4, 0.5) is 5.69 Å². The fourth-order valence-electron chi connectivity index (χ4n) is 1.49. The van der Waals surface area contributed by atoms with Crippen LogP contribution in [0.5, 0.6) is 5.75 Å². The van der Waals surface area contributed by atoms with Gasteiger partial charge in [0.25, 0.3) is 0 Å². The molecule has 0 bridgehead atoms. The van der Waals surface area contributed by atoms with Crippen LogP contribution in [0, 0.1) is 0 Å². The molecule has 0 spiro atoms. The number of hydrogen-bond acceptors (Lipinski definition) is 5. The number of ketones is 1. The molecule has 0 fully saturated rings. The third-order valence-corrected chi connectivity index (χ3v) is 2.45. The van der Waals surface area contributed by atoms with Gasteiger partial charge in [-0.1, -0.05) is 5.21 Å². The summed E-state index contributed by atoms with van der Waals surface area (Å²) in [5.74, 6) is 0.353. The molecule has 6 heteroatoms. The average molecular weight is 232 g/mol. The van der Waals surface area contributed by atoms with E-state index in [-0.39, 0.29) is 5.78 Å². The molecule has 1 heterocycles. The fourth-order valence-corrected chi connectivity index (χ4v) is 1.49. The van der Waals surface area contributed by atoms with Gasteiger partial charge in [-0.3, -0.25) is 4.79 Å². The summed E-state index contributed by atoms with van der Waals surface area (Å²) in [7, 11) is 3.18. The normalized spacial score (nSPS) is 10.2. The van der Waals surface area contributed by atoms with Crippen LogP contribution in [0.2, 0.25) is 0 Å². The van der Waals surface area contributed by atoms with E-state index in [1.54, 1.807) is 25.2 Å². The Balaban J connectivity index is 2.47. The number of rotatable bonds is 3. The molecule has 0 aliphatic carbocycles. The number of anilines is 1. The number of benzene rings is 1. The first-order chi connectivity index (χ1) is 8.13.